The van der Waals surface area contributed by atoms with E-state index in [0.29, 0.717) is 5.75 Å². The molecule has 0 amide bonds. The van der Waals surface area contributed by atoms with Gasteiger partial charge in [0.25, 0.3) is 0 Å². The molecule has 3 aromatic rings. The van der Waals surface area contributed by atoms with Crippen LogP contribution >= 0.6 is 0 Å². The van der Waals surface area contributed by atoms with Crippen LogP contribution in [0.15, 0.2) is 41.1 Å². The minimum atomic E-state index is -4.49. The van der Waals surface area contributed by atoms with Crippen molar-refractivity contribution in [3.8, 4) is 17.0 Å². The molecule has 0 radical (unpaired) electrons. The molecular formula is C19H17F4N5O3. The van der Waals surface area contributed by atoms with Gasteiger partial charge in [0, 0.05) is 30.4 Å². The molecule has 0 aliphatic carbocycles. The highest BCUT2D eigenvalue weighted by molar-refractivity contribution is 5.65. The monoisotopic (exact) mass is 439 g/mol. The number of morpholine rings is 1. The Morgan fingerprint density at radius 1 is 1.23 bits per heavy atom. The number of ether oxygens (including phenoxy) is 2. The van der Waals surface area contributed by atoms with Crippen LogP contribution < -0.4 is 15.0 Å². The molecule has 12 heteroatoms. The molecule has 2 aromatic heterocycles. The fourth-order valence-electron chi connectivity index (χ4n) is 3.09. The van der Waals surface area contributed by atoms with Crippen molar-refractivity contribution in [2.24, 2.45) is 0 Å². The summed E-state index contributed by atoms with van der Waals surface area (Å²) >= 11 is 0. The maximum absolute atomic E-state index is 14.2. The first-order valence-electron chi connectivity index (χ1n) is 9.17. The van der Waals surface area contributed by atoms with Crippen LogP contribution in [0.4, 0.5) is 35.2 Å². The van der Waals surface area contributed by atoms with Gasteiger partial charge in [-0.2, -0.15) is 18.2 Å². The molecule has 164 valence electrons. The van der Waals surface area contributed by atoms with E-state index in [4.69, 9.17) is 14.0 Å². The molecule has 1 N–H and O–H groups in total. The molecule has 0 saturated carbocycles. The van der Waals surface area contributed by atoms with Crippen molar-refractivity contribution >= 4 is 17.7 Å². The fraction of sp³-hybridized carbons (Fsp3) is 0.316. The first-order valence-corrected chi connectivity index (χ1v) is 9.17. The Labute approximate surface area is 173 Å². The molecule has 1 aliphatic heterocycles. The predicted octanol–water partition coefficient (Wildman–Crippen LogP) is 3.79. The van der Waals surface area contributed by atoms with E-state index in [0.717, 1.165) is 4.90 Å². The Morgan fingerprint density at radius 3 is 2.81 bits per heavy atom. The topological polar surface area (TPSA) is 85.5 Å². The van der Waals surface area contributed by atoms with E-state index in [9.17, 15) is 17.6 Å². The highest BCUT2D eigenvalue weighted by Gasteiger charge is 2.46. The van der Waals surface area contributed by atoms with E-state index in [1.54, 1.807) is 6.07 Å². The third-order valence-electron chi connectivity index (χ3n) is 4.62. The molecule has 3 heterocycles. The van der Waals surface area contributed by atoms with Gasteiger partial charge in [-0.1, -0.05) is 5.16 Å². The summed E-state index contributed by atoms with van der Waals surface area (Å²) in [6.07, 6.45) is -3.16. The second-order valence-electron chi connectivity index (χ2n) is 6.61. The molecule has 1 aromatic carbocycles. The summed E-state index contributed by atoms with van der Waals surface area (Å²) < 4.78 is 69.3. The second-order valence-corrected chi connectivity index (χ2v) is 6.61. The molecule has 1 aliphatic rings. The molecule has 1 saturated heterocycles. The zero-order valence-electron chi connectivity index (χ0n) is 16.2. The summed E-state index contributed by atoms with van der Waals surface area (Å²) in [4.78, 5) is 9.16. The van der Waals surface area contributed by atoms with Gasteiger partial charge < -0.3 is 24.2 Å². The molecule has 31 heavy (non-hydrogen) atoms. The number of nitrogens with zero attached hydrogens (tertiary/aromatic N) is 4. The minimum absolute atomic E-state index is 0.00314. The summed E-state index contributed by atoms with van der Waals surface area (Å²) in [5.74, 6) is 0.0296. The Bertz CT molecular complexity index is 1060. The smallest absolute Gasteiger partial charge is 0.411 e. The van der Waals surface area contributed by atoms with Crippen LogP contribution in [0, 0.1) is 5.82 Å². The highest BCUT2D eigenvalue weighted by Crippen LogP contribution is 2.31. The largest absolute Gasteiger partial charge is 0.497 e. The van der Waals surface area contributed by atoms with Gasteiger partial charge in [-0.05, 0) is 18.2 Å². The molecule has 0 bridgehead atoms. The van der Waals surface area contributed by atoms with Crippen LogP contribution in [-0.4, -0.2) is 54.2 Å². The zero-order chi connectivity index (χ0) is 22.0. The lowest BCUT2D eigenvalue weighted by molar-refractivity contribution is -0.167. The van der Waals surface area contributed by atoms with Gasteiger partial charge >= 0.3 is 6.18 Å². The van der Waals surface area contributed by atoms with E-state index in [1.807, 2.05) is 0 Å². The van der Waals surface area contributed by atoms with E-state index < -0.39 is 24.6 Å². The maximum atomic E-state index is 14.2. The van der Waals surface area contributed by atoms with Gasteiger partial charge in [-0.15, -0.1) is 0 Å². The Kier molecular flexibility index (Phi) is 5.63. The zero-order valence-corrected chi connectivity index (χ0v) is 16.2. The number of benzene rings is 1. The van der Waals surface area contributed by atoms with Gasteiger partial charge in [-0.3, -0.25) is 0 Å². The van der Waals surface area contributed by atoms with Crippen LogP contribution in [0.2, 0.25) is 0 Å². The van der Waals surface area contributed by atoms with Crippen LogP contribution in [0.1, 0.15) is 0 Å². The van der Waals surface area contributed by atoms with Crippen molar-refractivity contribution in [2.45, 2.75) is 12.2 Å². The summed E-state index contributed by atoms with van der Waals surface area (Å²) in [5, 5.41) is 6.62. The van der Waals surface area contributed by atoms with E-state index in [-0.39, 0.29) is 42.1 Å². The Balaban J connectivity index is 1.54. The lowest BCUT2D eigenvalue weighted by atomic mass is 10.1. The molecule has 1 atom stereocenters. The number of hydrogen-bond donors (Lipinski definition) is 1. The minimum Gasteiger partial charge on any atom is -0.497 e. The molecule has 0 spiro atoms. The number of halogens is 4. The van der Waals surface area contributed by atoms with Crippen LogP contribution in [-0.2, 0) is 4.74 Å². The van der Waals surface area contributed by atoms with E-state index in [1.165, 1.54) is 37.6 Å². The van der Waals surface area contributed by atoms with E-state index in [2.05, 4.69) is 20.4 Å². The van der Waals surface area contributed by atoms with Crippen molar-refractivity contribution in [2.75, 3.05) is 37.1 Å². The quantitative estimate of drug-likeness (QED) is 0.601. The van der Waals surface area contributed by atoms with Gasteiger partial charge in [-0.25, -0.2) is 9.37 Å². The number of aromatic nitrogens is 3. The lowest BCUT2D eigenvalue weighted by Gasteiger charge is -2.36. The molecule has 1 unspecified atom stereocenters. The van der Waals surface area contributed by atoms with Gasteiger partial charge in [0.1, 0.15) is 23.1 Å². The SMILES string of the molecule is COc1ccc(-c2cc(Nc3ccnc(N4CCOCC4C(F)(F)F)n3)on2)c(F)c1. The summed E-state index contributed by atoms with van der Waals surface area (Å²) in [5.41, 5.74) is 0.421. The summed E-state index contributed by atoms with van der Waals surface area (Å²) in [6.45, 7) is -0.368. The third kappa shape index (κ3) is 4.53. The van der Waals surface area contributed by atoms with Crippen molar-refractivity contribution in [3.63, 3.8) is 0 Å². The number of alkyl halides is 3. The van der Waals surface area contributed by atoms with Crippen molar-refractivity contribution < 1.29 is 31.6 Å². The highest BCUT2D eigenvalue weighted by atomic mass is 19.4. The number of methoxy groups -OCH3 is 1. The van der Waals surface area contributed by atoms with Gasteiger partial charge in [0.15, 0.2) is 6.04 Å². The van der Waals surface area contributed by atoms with Gasteiger partial charge in [0.2, 0.25) is 11.8 Å². The number of hydrogen-bond acceptors (Lipinski definition) is 8. The van der Waals surface area contributed by atoms with Crippen molar-refractivity contribution in [3.05, 3.63) is 42.3 Å². The molecule has 8 nitrogen and oxygen atoms in total. The van der Waals surface area contributed by atoms with E-state index >= 15 is 0 Å². The summed E-state index contributed by atoms with van der Waals surface area (Å²) in [6, 6.07) is 5.35. The first-order chi connectivity index (χ1) is 14.8. The number of rotatable bonds is 5. The average Bonchev–Trinajstić information content (AvgIpc) is 3.21. The fourth-order valence-corrected chi connectivity index (χ4v) is 3.09. The average molecular weight is 439 g/mol. The second kappa shape index (κ2) is 8.38. The Morgan fingerprint density at radius 2 is 2.06 bits per heavy atom. The Hall–Kier alpha value is -3.41. The third-order valence-corrected chi connectivity index (χ3v) is 4.62. The van der Waals surface area contributed by atoms with Gasteiger partial charge in [0.05, 0.1) is 20.3 Å². The van der Waals surface area contributed by atoms with Crippen LogP contribution in [0.5, 0.6) is 5.75 Å². The predicted molar refractivity (Wildman–Crippen MR) is 102 cm³/mol. The number of nitrogens with one attached hydrogen (secondary N) is 1. The van der Waals surface area contributed by atoms with Crippen LogP contribution in [0.25, 0.3) is 11.3 Å². The molecule has 1 fully saturated rings. The van der Waals surface area contributed by atoms with Crippen molar-refractivity contribution in [1.82, 2.24) is 15.1 Å². The summed E-state index contributed by atoms with van der Waals surface area (Å²) in [7, 11) is 1.43. The number of anilines is 3. The van der Waals surface area contributed by atoms with Crippen molar-refractivity contribution in [1.29, 1.82) is 0 Å². The standard InChI is InChI=1S/C19H17F4N5O3/c1-29-11-2-3-12(13(20)8-11)14-9-17(31-27-14)25-16-4-5-24-18(26-16)28-6-7-30-10-15(28)19(21,22)23/h2-5,8-9,15H,6-7,10H2,1H3,(H,24,25,26). The first kappa shape index (κ1) is 20.8. The lowest BCUT2D eigenvalue weighted by Crippen LogP contribution is -2.54. The molecular weight excluding hydrogens is 422 g/mol. The normalized spacial score (nSPS) is 16.9. The maximum Gasteiger partial charge on any atom is 0.411 e. The molecule has 4 rings (SSSR count). The van der Waals surface area contributed by atoms with Crippen LogP contribution in [0.3, 0.4) is 0 Å².